The summed E-state index contributed by atoms with van der Waals surface area (Å²) >= 11 is 1.29. The van der Waals surface area contributed by atoms with Crippen LogP contribution < -0.4 is 10.5 Å². The van der Waals surface area contributed by atoms with Gasteiger partial charge in [-0.3, -0.25) is 4.90 Å². The zero-order valence-corrected chi connectivity index (χ0v) is 18.3. The van der Waals surface area contributed by atoms with Crippen LogP contribution in [0, 0.1) is 6.92 Å². The number of hydrogen-bond acceptors (Lipinski definition) is 8. The van der Waals surface area contributed by atoms with Gasteiger partial charge in [0.15, 0.2) is 0 Å². The fourth-order valence-corrected chi connectivity index (χ4v) is 4.23. The molecule has 0 atom stereocenters. The van der Waals surface area contributed by atoms with Crippen molar-refractivity contribution in [1.29, 1.82) is 0 Å². The Labute approximate surface area is 180 Å². The highest BCUT2D eigenvalue weighted by Gasteiger charge is 2.20. The average Bonchev–Trinajstić information content (AvgIpc) is 3.04. The highest BCUT2D eigenvalue weighted by atomic mass is 32.1. The number of thiophene rings is 1. The first-order valence-electron chi connectivity index (χ1n) is 9.66. The summed E-state index contributed by atoms with van der Waals surface area (Å²) < 4.78 is 10.6. The Balaban J connectivity index is 1.73. The van der Waals surface area contributed by atoms with E-state index >= 15 is 0 Å². The number of ether oxygens (including phenoxy) is 2. The number of aryl methyl sites for hydroxylation is 1. The van der Waals surface area contributed by atoms with Crippen LogP contribution in [0.4, 0.5) is 5.82 Å². The highest BCUT2D eigenvalue weighted by Crippen LogP contribution is 2.33. The normalized spacial score (nSPS) is 11.1. The number of nitrogens with two attached hydrogens (primary N) is 1. The van der Waals surface area contributed by atoms with Gasteiger partial charge in [0.05, 0.1) is 18.5 Å². The minimum atomic E-state index is -0.350. The maximum absolute atomic E-state index is 12.2. The molecule has 2 aromatic heterocycles. The molecular formula is C22H26N4O3S. The van der Waals surface area contributed by atoms with Gasteiger partial charge in [-0.1, -0.05) is 24.8 Å². The first kappa shape index (κ1) is 21.7. The Bertz CT molecular complexity index is 1050. The van der Waals surface area contributed by atoms with Crippen molar-refractivity contribution in [3.05, 3.63) is 58.7 Å². The Hall–Kier alpha value is -2.97. The van der Waals surface area contributed by atoms with Crippen LogP contribution >= 0.6 is 11.3 Å². The third kappa shape index (κ3) is 4.95. The van der Waals surface area contributed by atoms with E-state index in [1.54, 1.807) is 13.0 Å². The maximum Gasteiger partial charge on any atom is 0.348 e. The number of aromatic nitrogens is 2. The molecule has 0 fully saturated rings. The van der Waals surface area contributed by atoms with Crippen molar-refractivity contribution in [1.82, 2.24) is 14.9 Å². The molecule has 30 heavy (non-hydrogen) atoms. The number of esters is 1. The van der Waals surface area contributed by atoms with Crippen LogP contribution in [0.5, 0.6) is 5.75 Å². The van der Waals surface area contributed by atoms with Crippen LogP contribution in [0.2, 0.25) is 0 Å². The third-order valence-corrected chi connectivity index (χ3v) is 5.65. The predicted octanol–water partition coefficient (Wildman–Crippen LogP) is 3.96. The summed E-state index contributed by atoms with van der Waals surface area (Å²) in [5, 5.41) is 0.726. The molecule has 3 aromatic rings. The molecule has 2 N–H and O–H groups in total. The van der Waals surface area contributed by atoms with E-state index < -0.39 is 0 Å². The van der Waals surface area contributed by atoms with Crippen molar-refractivity contribution in [2.45, 2.75) is 26.9 Å². The van der Waals surface area contributed by atoms with E-state index in [1.165, 1.54) is 11.3 Å². The van der Waals surface area contributed by atoms with Crippen LogP contribution in [0.3, 0.4) is 0 Å². The number of rotatable bonds is 9. The van der Waals surface area contributed by atoms with Gasteiger partial charge in [-0.2, -0.15) is 0 Å². The first-order valence-corrected chi connectivity index (χ1v) is 10.5. The second-order valence-corrected chi connectivity index (χ2v) is 7.90. The molecule has 1 aromatic carbocycles. The number of fused-ring (bicyclic) bond motifs is 1. The molecule has 0 aliphatic rings. The smallest absolute Gasteiger partial charge is 0.348 e. The van der Waals surface area contributed by atoms with E-state index in [9.17, 15) is 4.79 Å². The molecule has 0 aliphatic heterocycles. The lowest BCUT2D eigenvalue weighted by atomic mass is 10.2. The van der Waals surface area contributed by atoms with Crippen molar-refractivity contribution in [2.24, 2.45) is 0 Å². The molecule has 0 bridgehead atoms. The topological polar surface area (TPSA) is 90.6 Å². The second-order valence-electron chi connectivity index (χ2n) is 6.90. The largest absolute Gasteiger partial charge is 0.490 e. The van der Waals surface area contributed by atoms with E-state index in [0.717, 1.165) is 28.8 Å². The Kier molecular flexibility index (Phi) is 7.02. The van der Waals surface area contributed by atoms with Crippen molar-refractivity contribution in [3.63, 3.8) is 0 Å². The summed E-state index contributed by atoms with van der Waals surface area (Å²) in [4.78, 5) is 24.6. The minimum Gasteiger partial charge on any atom is -0.490 e. The van der Waals surface area contributed by atoms with Gasteiger partial charge in [0, 0.05) is 6.54 Å². The molecule has 0 aliphatic carbocycles. The lowest BCUT2D eigenvalue weighted by molar-refractivity contribution is 0.0531. The standard InChI is InChI=1S/C22H26N4O3S/c1-5-11-29-16-9-7-15(8-10-16)12-26(4)13-17-24-20(23)18-14(3)19(22(27)28-6-2)30-21(18)25-17/h5,7-10H,1,6,11-13H2,2-4H3,(H2,23,24,25). The fourth-order valence-electron chi connectivity index (χ4n) is 3.13. The molecule has 0 unspecified atom stereocenters. The highest BCUT2D eigenvalue weighted by molar-refractivity contribution is 7.20. The number of carbonyl (C=O) groups excluding carboxylic acids is 1. The van der Waals surface area contributed by atoms with Gasteiger partial charge in [0.2, 0.25) is 0 Å². The second kappa shape index (κ2) is 9.69. The monoisotopic (exact) mass is 426 g/mol. The number of carbonyl (C=O) groups is 1. The lowest BCUT2D eigenvalue weighted by Gasteiger charge is -2.16. The van der Waals surface area contributed by atoms with Gasteiger partial charge < -0.3 is 15.2 Å². The molecule has 7 nitrogen and oxygen atoms in total. The summed E-state index contributed by atoms with van der Waals surface area (Å²) in [7, 11) is 2.00. The molecule has 2 heterocycles. The molecule has 3 rings (SSSR count). The van der Waals surface area contributed by atoms with Gasteiger partial charge in [-0.25, -0.2) is 14.8 Å². The molecule has 158 valence electrons. The van der Waals surface area contributed by atoms with Crippen molar-refractivity contribution in [3.8, 4) is 5.75 Å². The molecular weight excluding hydrogens is 400 g/mol. The number of nitrogens with zero attached hydrogens (tertiary/aromatic N) is 3. The van der Waals surface area contributed by atoms with E-state index in [2.05, 4.69) is 21.4 Å². The minimum absolute atomic E-state index is 0.324. The summed E-state index contributed by atoms with van der Waals surface area (Å²) in [6.45, 7) is 9.34. The van der Waals surface area contributed by atoms with Crippen LogP contribution in [0.1, 0.15) is 33.5 Å². The molecule has 0 saturated heterocycles. The Morgan fingerprint density at radius 2 is 2.00 bits per heavy atom. The van der Waals surface area contributed by atoms with E-state index in [4.69, 9.17) is 15.2 Å². The summed E-state index contributed by atoms with van der Waals surface area (Å²) in [5.41, 5.74) is 8.11. The lowest BCUT2D eigenvalue weighted by Crippen LogP contribution is -2.19. The third-order valence-electron chi connectivity index (χ3n) is 4.48. The molecule has 0 amide bonds. The predicted molar refractivity (Wildman–Crippen MR) is 120 cm³/mol. The summed E-state index contributed by atoms with van der Waals surface area (Å²) in [6, 6.07) is 7.94. The van der Waals surface area contributed by atoms with Crippen LogP contribution in [0.25, 0.3) is 10.2 Å². The molecule has 0 radical (unpaired) electrons. The van der Waals surface area contributed by atoms with Gasteiger partial charge in [0.25, 0.3) is 0 Å². The zero-order chi connectivity index (χ0) is 21.7. The molecule has 8 heteroatoms. The van der Waals surface area contributed by atoms with Gasteiger partial charge in [-0.15, -0.1) is 11.3 Å². The Morgan fingerprint density at radius 3 is 2.67 bits per heavy atom. The van der Waals surface area contributed by atoms with Crippen molar-refractivity contribution >= 4 is 33.3 Å². The SMILES string of the molecule is C=CCOc1ccc(CN(C)Cc2nc(N)c3c(C)c(C(=O)OCC)sc3n2)cc1. The number of nitrogen functional groups attached to an aromatic ring is 1. The average molecular weight is 427 g/mol. The van der Waals surface area contributed by atoms with Crippen molar-refractivity contribution < 1.29 is 14.3 Å². The van der Waals surface area contributed by atoms with Gasteiger partial charge in [0.1, 0.15) is 33.7 Å². The van der Waals surface area contributed by atoms with Crippen LogP contribution in [-0.4, -0.2) is 41.1 Å². The fraction of sp³-hybridized carbons (Fsp3) is 0.318. The van der Waals surface area contributed by atoms with E-state index in [1.807, 2.05) is 38.2 Å². The van der Waals surface area contributed by atoms with Gasteiger partial charge in [-0.05, 0) is 44.2 Å². The Morgan fingerprint density at radius 1 is 1.27 bits per heavy atom. The van der Waals surface area contributed by atoms with E-state index in [0.29, 0.717) is 41.1 Å². The number of benzene rings is 1. The van der Waals surface area contributed by atoms with Crippen molar-refractivity contribution in [2.75, 3.05) is 26.0 Å². The van der Waals surface area contributed by atoms with Gasteiger partial charge >= 0.3 is 5.97 Å². The number of hydrogen-bond donors (Lipinski definition) is 1. The first-order chi connectivity index (χ1) is 14.4. The molecule has 0 saturated carbocycles. The number of anilines is 1. The van der Waals surface area contributed by atoms with Crippen LogP contribution in [-0.2, 0) is 17.8 Å². The zero-order valence-electron chi connectivity index (χ0n) is 17.5. The summed E-state index contributed by atoms with van der Waals surface area (Å²) in [5.74, 6) is 1.46. The summed E-state index contributed by atoms with van der Waals surface area (Å²) in [6.07, 6.45) is 1.72. The quantitative estimate of drug-likeness (QED) is 0.409. The van der Waals surface area contributed by atoms with E-state index in [-0.39, 0.29) is 5.97 Å². The molecule has 0 spiro atoms. The maximum atomic E-state index is 12.2. The van der Waals surface area contributed by atoms with Crippen LogP contribution in [0.15, 0.2) is 36.9 Å².